The van der Waals surface area contributed by atoms with Crippen LogP contribution in [0.4, 0.5) is 0 Å². The molecule has 1 heterocycles. The maximum atomic E-state index is 3.78. The van der Waals surface area contributed by atoms with Crippen molar-refractivity contribution in [1.29, 1.82) is 0 Å². The Labute approximate surface area is 102 Å². The first kappa shape index (κ1) is 14.0. The lowest BCUT2D eigenvalue weighted by Gasteiger charge is -2.30. The van der Waals surface area contributed by atoms with E-state index in [1.807, 2.05) is 0 Å². The zero-order valence-corrected chi connectivity index (χ0v) is 11.5. The Hall–Kier alpha value is -0.0800. The maximum absolute atomic E-state index is 3.78. The highest BCUT2D eigenvalue weighted by Crippen LogP contribution is 2.13. The Morgan fingerprint density at radius 3 is 2.50 bits per heavy atom. The topological polar surface area (TPSA) is 15.3 Å². The predicted molar refractivity (Wildman–Crippen MR) is 71.8 cm³/mol. The number of hydrogen-bond donors (Lipinski definition) is 1. The number of nitrogens with one attached hydrogen (secondary N) is 1. The molecule has 0 radical (unpaired) electrons. The van der Waals surface area contributed by atoms with Gasteiger partial charge in [0.05, 0.1) is 0 Å². The van der Waals surface area contributed by atoms with E-state index in [4.69, 9.17) is 0 Å². The van der Waals surface area contributed by atoms with Crippen LogP contribution in [0.5, 0.6) is 0 Å². The van der Waals surface area contributed by atoms with Crippen LogP contribution in [0.15, 0.2) is 0 Å². The summed E-state index contributed by atoms with van der Waals surface area (Å²) in [4.78, 5) is 2.44. The number of likely N-dealkylation sites (tertiary alicyclic amines) is 1. The van der Waals surface area contributed by atoms with Gasteiger partial charge in [0.1, 0.15) is 0 Å². The molecule has 1 aliphatic rings. The minimum Gasteiger partial charge on any atom is -0.314 e. The van der Waals surface area contributed by atoms with Crippen molar-refractivity contribution in [3.63, 3.8) is 0 Å². The normalized spacial score (nSPS) is 21.2. The Kier molecular flexibility index (Phi) is 7.06. The number of unbranched alkanes of at least 4 members (excludes halogenated alkanes) is 1. The van der Waals surface area contributed by atoms with E-state index in [9.17, 15) is 0 Å². The van der Waals surface area contributed by atoms with E-state index < -0.39 is 0 Å². The Morgan fingerprint density at radius 1 is 1.25 bits per heavy atom. The van der Waals surface area contributed by atoms with Crippen molar-refractivity contribution in [3.8, 4) is 0 Å². The molecule has 0 aromatic rings. The number of piperidine rings is 1. The molecule has 0 spiro atoms. The van der Waals surface area contributed by atoms with E-state index in [-0.39, 0.29) is 0 Å². The molecule has 1 saturated heterocycles. The fourth-order valence-corrected chi connectivity index (χ4v) is 2.49. The molecule has 0 aliphatic carbocycles. The van der Waals surface area contributed by atoms with Crippen LogP contribution in [0.2, 0.25) is 0 Å². The molecule has 1 rings (SSSR count). The van der Waals surface area contributed by atoms with Gasteiger partial charge in [-0.25, -0.2) is 0 Å². The average molecular weight is 226 g/mol. The van der Waals surface area contributed by atoms with Gasteiger partial charge < -0.3 is 10.2 Å². The summed E-state index contributed by atoms with van der Waals surface area (Å²) < 4.78 is 0. The largest absolute Gasteiger partial charge is 0.314 e. The smallest absolute Gasteiger partial charge is 0.00915 e. The van der Waals surface area contributed by atoms with Gasteiger partial charge in [0, 0.05) is 6.04 Å². The quantitative estimate of drug-likeness (QED) is 0.718. The summed E-state index contributed by atoms with van der Waals surface area (Å²) in [5, 5.41) is 3.78. The van der Waals surface area contributed by atoms with Crippen molar-refractivity contribution in [1.82, 2.24) is 10.2 Å². The fraction of sp³-hybridized carbons (Fsp3) is 1.00. The van der Waals surface area contributed by atoms with Gasteiger partial charge in [-0.1, -0.05) is 33.1 Å². The molecule has 0 aromatic heterocycles. The molecule has 1 N–H and O–H groups in total. The van der Waals surface area contributed by atoms with E-state index in [1.165, 1.54) is 58.2 Å². The van der Waals surface area contributed by atoms with Crippen molar-refractivity contribution < 1.29 is 0 Å². The van der Waals surface area contributed by atoms with Crippen molar-refractivity contribution in [2.24, 2.45) is 5.92 Å². The Morgan fingerprint density at radius 2 is 1.94 bits per heavy atom. The van der Waals surface area contributed by atoms with Crippen LogP contribution in [0, 0.1) is 5.92 Å². The molecule has 1 atom stereocenters. The lowest BCUT2D eigenvalue weighted by atomic mass is 9.98. The molecule has 0 saturated carbocycles. The van der Waals surface area contributed by atoms with E-state index in [0.717, 1.165) is 12.0 Å². The molecule has 1 aliphatic heterocycles. The van der Waals surface area contributed by atoms with Gasteiger partial charge in [0.2, 0.25) is 0 Å². The van der Waals surface area contributed by atoms with E-state index in [1.54, 1.807) is 0 Å². The second kappa shape index (κ2) is 8.08. The monoisotopic (exact) mass is 226 g/mol. The van der Waals surface area contributed by atoms with E-state index >= 15 is 0 Å². The molecule has 96 valence electrons. The highest BCUT2D eigenvalue weighted by molar-refractivity contribution is 4.76. The second-order valence-electron chi connectivity index (χ2n) is 5.40. The van der Waals surface area contributed by atoms with Gasteiger partial charge in [0.25, 0.3) is 0 Å². The lowest BCUT2D eigenvalue weighted by molar-refractivity contribution is 0.227. The zero-order chi connectivity index (χ0) is 11.8. The second-order valence-corrected chi connectivity index (χ2v) is 5.40. The van der Waals surface area contributed by atoms with Crippen molar-refractivity contribution in [3.05, 3.63) is 0 Å². The van der Waals surface area contributed by atoms with Gasteiger partial charge in [-0.2, -0.15) is 0 Å². The molecule has 0 amide bonds. The van der Waals surface area contributed by atoms with Crippen molar-refractivity contribution in [2.75, 3.05) is 26.7 Å². The fourth-order valence-electron chi connectivity index (χ4n) is 2.49. The zero-order valence-electron chi connectivity index (χ0n) is 11.5. The molecular weight excluding hydrogens is 196 g/mol. The van der Waals surface area contributed by atoms with Crippen LogP contribution in [0.25, 0.3) is 0 Å². The molecule has 2 nitrogen and oxygen atoms in total. The average Bonchev–Trinajstić information content (AvgIpc) is 2.32. The predicted octanol–water partition coefficient (Wildman–Crippen LogP) is 2.89. The van der Waals surface area contributed by atoms with E-state index in [0.29, 0.717) is 0 Å². The van der Waals surface area contributed by atoms with Gasteiger partial charge in [-0.3, -0.25) is 0 Å². The van der Waals surface area contributed by atoms with Gasteiger partial charge >= 0.3 is 0 Å². The Bertz CT molecular complexity index is 157. The van der Waals surface area contributed by atoms with Crippen LogP contribution in [0.1, 0.15) is 52.4 Å². The number of nitrogens with zero attached hydrogens (tertiary/aromatic N) is 1. The summed E-state index contributed by atoms with van der Waals surface area (Å²) in [6.07, 6.45) is 8.14. The van der Waals surface area contributed by atoms with Gasteiger partial charge in [-0.05, 0) is 51.9 Å². The van der Waals surface area contributed by atoms with E-state index in [2.05, 4.69) is 31.1 Å². The number of rotatable bonds is 7. The van der Waals surface area contributed by atoms with Crippen molar-refractivity contribution >= 4 is 0 Å². The molecule has 2 heteroatoms. The summed E-state index contributed by atoms with van der Waals surface area (Å²) >= 11 is 0. The molecule has 1 unspecified atom stereocenters. The first-order valence-electron chi connectivity index (χ1n) is 7.18. The van der Waals surface area contributed by atoms with Crippen LogP contribution < -0.4 is 5.32 Å². The highest BCUT2D eigenvalue weighted by atomic mass is 15.1. The molecule has 0 aromatic carbocycles. The summed E-state index contributed by atoms with van der Waals surface area (Å²) in [6, 6.07) is 0.784. The summed E-state index contributed by atoms with van der Waals surface area (Å²) in [7, 11) is 2.23. The third-order valence-electron chi connectivity index (χ3n) is 3.96. The summed E-state index contributed by atoms with van der Waals surface area (Å²) in [6.45, 7) is 8.39. The number of hydrogen-bond acceptors (Lipinski definition) is 2. The van der Waals surface area contributed by atoms with Gasteiger partial charge in [-0.15, -0.1) is 0 Å². The van der Waals surface area contributed by atoms with Crippen LogP contribution in [-0.4, -0.2) is 37.6 Å². The molecule has 0 bridgehead atoms. The molecular formula is C14H30N2. The minimum atomic E-state index is 0.784. The van der Waals surface area contributed by atoms with Crippen LogP contribution in [0.3, 0.4) is 0 Å². The van der Waals surface area contributed by atoms with Crippen LogP contribution in [-0.2, 0) is 0 Å². The summed E-state index contributed by atoms with van der Waals surface area (Å²) in [5.41, 5.74) is 0. The molecule has 1 fully saturated rings. The first-order valence-corrected chi connectivity index (χ1v) is 7.18. The maximum Gasteiger partial charge on any atom is 0.00915 e. The summed E-state index contributed by atoms with van der Waals surface area (Å²) in [5.74, 6) is 0.902. The lowest BCUT2D eigenvalue weighted by Crippen LogP contribution is -2.42. The van der Waals surface area contributed by atoms with Gasteiger partial charge in [0.15, 0.2) is 0 Å². The van der Waals surface area contributed by atoms with Crippen molar-refractivity contribution in [2.45, 2.75) is 58.4 Å². The molecule has 16 heavy (non-hydrogen) atoms. The third kappa shape index (κ3) is 5.31. The van der Waals surface area contributed by atoms with Crippen LogP contribution >= 0.6 is 0 Å². The minimum absolute atomic E-state index is 0.784. The first-order chi connectivity index (χ1) is 7.76. The third-order valence-corrected chi connectivity index (χ3v) is 3.96. The Balaban J connectivity index is 2.11. The standard InChI is InChI=1S/C14H30N2/c1-4-6-7-13(5-2)12-15-14-8-10-16(3)11-9-14/h13-15H,4-12H2,1-3H3. The highest BCUT2D eigenvalue weighted by Gasteiger charge is 2.16. The SMILES string of the molecule is CCCCC(CC)CNC1CCN(C)CC1.